The largest absolute Gasteiger partial charge is 0.270 e. The van der Waals surface area contributed by atoms with Crippen LogP contribution in [0.25, 0.3) is 16.7 Å². The quantitative estimate of drug-likeness (QED) is 0.331. The predicted molar refractivity (Wildman–Crippen MR) is 151 cm³/mol. The maximum atomic E-state index is 2.76. The zero-order valence-corrected chi connectivity index (χ0v) is 24.7. The van der Waals surface area contributed by atoms with Gasteiger partial charge in [-0.25, -0.2) is 4.57 Å². The minimum atomic E-state index is 0.0559. The molecule has 36 heavy (non-hydrogen) atoms. The number of hydrogen-bond donors (Lipinski definition) is 0. The van der Waals surface area contributed by atoms with Gasteiger partial charge in [-0.15, -0.1) is 0 Å². The molecule has 3 heterocycles. The number of fused-ring (bicyclic) bond motifs is 6. The van der Waals surface area contributed by atoms with Crippen molar-refractivity contribution in [1.82, 2.24) is 4.57 Å². The second-order valence-corrected chi connectivity index (χ2v) is 14.3. The van der Waals surface area contributed by atoms with Crippen molar-refractivity contribution in [3.05, 3.63) is 58.9 Å². The van der Waals surface area contributed by atoms with Crippen LogP contribution < -0.4 is 4.57 Å². The Morgan fingerprint density at radius 3 is 1.92 bits per heavy atom. The Labute approximate surface area is 219 Å². The molecule has 2 heteroatoms. The summed E-state index contributed by atoms with van der Waals surface area (Å²) in [4.78, 5) is 0. The van der Waals surface area contributed by atoms with Gasteiger partial charge in [0, 0.05) is 16.4 Å². The number of benzene rings is 2. The molecule has 192 valence electrons. The van der Waals surface area contributed by atoms with Gasteiger partial charge < -0.3 is 0 Å². The Morgan fingerprint density at radius 2 is 1.33 bits per heavy atom. The van der Waals surface area contributed by atoms with Gasteiger partial charge in [0.1, 0.15) is 5.69 Å². The van der Waals surface area contributed by atoms with Crippen LogP contribution in [0.4, 0.5) is 0 Å². The fourth-order valence-corrected chi connectivity index (χ4v) is 9.37. The third-order valence-corrected chi connectivity index (χ3v) is 13.5. The van der Waals surface area contributed by atoms with Crippen molar-refractivity contribution >= 4 is 11.0 Å². The molecule has 2 aliphatic heterocycles. The number of rotatable bonds is 3. The van der Waals surface area contributed by atoms with Crippen molar-refractivity contribution in [3.63, 3.8) is 0 Å². The van der Waals surface area contributed by atoms with E-state index in [9.17, 15) is 0 Å². The van der Waals surface area contributed by atoms with E-state index in [2.05, 4.69) is 122 Å². The second-order valence-electron chi connectivity index (χ2n) is 14.3. The molecule has 0 amide bonds. The van der Waals surface area contributed by atoms with Gasteiger partial charge in [0.05, 0.1) is 12.0 Å². The summed E-state index contributed by atoms with van der Waals surface area (Å²) < 4.78 is 5.46. The lowest BCUT2D eigenvalue weighted by atomic mass is 9.47. The minimum Gasteiger partial charge on any atom is -0.226 e. The van der Waals surface area contributed by atoms with E-state index in [0.29, 0.717) is 0 Å². The number of nitrogens with zero attached hydrogens (tertiary/aromatic N) is 2. The SMILES string of the molecule is CCC1(CC)C[n+]2c3n(c4cc5c(cc42)C(C)(C)C(C)(C)C5(C)C)-c2ccccc2C(C)(CC)C31C. The average molecular weight is 484 g/mol. The van der Waals surface area contributed by atoms with Crippen LogP contribution in [0.1, 0.15) is 118 Å². The summed E-state index contributed by atoms with van der Waals surface area (Å²) in [5, 5.41) is 0. The smallest absolute Gasteiger partial charge is 0.226 e. The summed E-state index contributed by atoms with van der Waals surface area (Å²) in [5.41, 5.74) is 9.63. The fourth-order valence-electron chi connectivity index (χ4n) is 9.37. The van der Waals surface area contributed by atoms with Crippen LogP contribution in [0.5, 0.6) is 0 Å². The molecule has 6 rings (SSSR count). The van der Waals surface area contributed by atoms with E-state index in [1.807, 2.05) is 0 Å². The lowest BCUT2D eigenvalue weighted by molar-refractivity contribution is -0.674. The first kappa shape index (κ1) is 24.3. The van der Waals surface area contributed by atoms with Gasteiger partial charge in [0.15, 0.2) is 11.0 Å². The highest BCUT2D eigenvalue weighted by Gasteiger charge is 2.71. The third-order valence-electron chi connectivity index (χ3n) is 13.5. The lowest BCUT2D eigenvalue weighted by Gasteiger charge is -2.53. The molecular formula is C34H47N2+. The van der Waals surface area contributed by atoms with Crippen LogP contribution in [0.2, 0.25) is 0 Å². The van der Waals surface area contributed by atoms with Crippen molar-refractivity contribution in [2.75, 3.05) is 0 Å². The van der Waals surface area contributed by atoms with Crippen LogP contribution >= 0.6 is 0 Å². The van der Waals surface area contributed by atoms with E-state index in [1.165, 1.54) is 35.1 Å². The number of hydrogen-bond acceptors (Lipinski definition) is 0. The molecule has 2 atom stereocenters. The molecule has 3 aromatic rings. The third kappa shape index (κ3) is 2.16. The molecule has 2 aromatic carbocycles. The normalized spacial score (nSPS) is 29.8. The molecule has 3 aliphatic rings. The number of para-hydroxylation sites is 1. The molecule has 0 fully saturated rings. The van der Waals surface area contributed by atoms with Gasteiger partial charge in [-0.1, -0.05) is 87.4 Å². The van der Waals surface area contributed by atoms with Gasteiger partial charge in [-0.05, 0) is 71.8 Å². The monoisotopic (exact) mass is 483 g/mol. The summed E-state index contributed by atoms with van der Waals surface area (Å²) in [6.07, 6.45) is 3.56. The second kappa shape index (κ2) is 6.66. The average Bonchev–Trinajstić information content (AvgIpc) is 3.35. The molecular weight excluding hydrogens is 436 g/mol. The first-order valence-corrected chi connectivity index (χ1v) is 14.5. The van der Waals surface area contributed by atoms with E-state index >= 15 is 0 Å². The lowest BCUT2D eigenvalue weighted by Crippen LogP contribution is -2.57. The van der Waals surface area contributed by atoms with Crippen LogP contribution in [0.15, 0.2) is 36.4 Å². The van der Waals surface area contributed by atoms with Crippen LogP contribution in [-0.2, 0) is 28.2 Å². The Hall–Kier alpha value is -2.09. The summed E-state index contributed by atoms with van der Waals surface area (Å²) >= 11 is 0. The number of imidazole rings is 1. The maximum Gasteiger partial charge on any atom is 0.270 e. The van der Waals surface area contributed by atoms with E-state index < -0.39 is 0 Å². The summed E-state index contributed by atoms with van der Waals surface area (Å²) in [6, 6.07) is 14.5. The van der Waals surface area contributed by atoms with E-state index in [0.717, 1.165) is 13.0 Å². The molecule has 0 bridgehead atoms. The van der Waals surface area contributed by atoms with E-state index in [4.69, 9.17) is 0 Å². The van der Waals surface area contributed by atoms with Crippen molar-refractivity contribution in [3.8, 4) is 5.69 Å². The highest BCUT2D eigenvalue weighted by atomic mass is 15.2. The molecule has 1 aromatic heterocycles. The zero-order chi connectivity index (χ0) is 26.3. The van der Waals surface area contributed by atoms with Gasteiger partial charge in [0.2, 0.25) is 0 Å². The highest BCUT2D eigenvalue weighted by Crippen LogP contribution is 2.66. The first-order chi connectivity index (χ1) is 16.7. The molecule has 0 saturated heterocycles. The molecule has 0 radical (unpaired) electrons. The van der Waals surface area contributed by atoms with Crippen molar-refractivity contribution < 1.29 is 4.57 Å². The van der Waals surface area contributed by atoms with E-state index in [1.54, 1.807) is 17.0 Å². The molecule has 0 spiro atoms. The van der Waals surface area contributed by atoms with Crippen LogP contribution in [0.3, 0.4) is 0 Å². The predicted octanol–water partition coefficient (Wildman–Crippen LogP) is 8.27. The molecule has 0 N–H and O–H groups in total. The van der Waals surface area contributed by atoms with Crippen molar-refractivity contribution in [2.24, 2.45) is 10.8 Å². The molecule has 1 aliphatic carbocycles. The van der Waals surface area contributed by atoms with Gasteiger partial charge in [-0.2, -0.15) is 4.57 Å². The summed E-state index contributed by atoms with van der Waals surface area (Å²) in [5.74, 6) is 1.54. The molecule has 0 saturated carbocycles. The van der Waals surface area contributed by atoms with Crippen LogP contribution in [-0.4, -0.2) is 4.57 Å². The van der Waals surface area contributed by atoms with Crippen molar-refractivity contribution in [2.45, 2.75) is 124 Å². The zero-order valence-electron chi connectivity index (χ0n) is 24.7. The van der Waals surface area contributed by atoms with Crippen LogP contribution in [0, 0.1) is 10.8 Å². The van der Waals surface area contributed by atoms with Gasteiger partial charge >= 0.3 is 0 Å². The van der Waals surface area contributed by atoms with Crippen molar-refractivity contribution in [1.29, 1.82) is 0 Å². The Kier molecular flexibility index (Phi) is 4.49. The highest BCUT2D eigenvalue weighted by molar-refractivity contribution is 5.81. The molecule has 2 nitrogen and oxygen atoms in total. The minimum absolute atomic E-state index is 0.0559. The summed E-state index contributed by atoms with van der Waals surface area (Å²) in [6.45, 7) is 28.4. The first-order valence-electron chi connectivity index (χ1n) is 14.5. The summed E-state index contributed by atoms with van der Waals surface area (Å²) in [7, 11) is 0. The van der Waals surface area contributed by atoms with E-state index in [-0.39, 0.29) is 32.5 Å². The Bertz CT molecular complexity index is 1430. The van der Waals surface area contributed by atoms with Gasteiger partial charge in [0.25, 0.3) is 5.82 Å². The molecule has 2 unspecified atom stereocenters. The van der Waals surface area contributed by atoms with Gasteiger partial charge in [-0.3, -0.25) is 0 Å². The number of aromatic nitrogens is 2. The standard InChI is InChI=1S/C34H47N2/c1-12-32(10)22-17-15-16-18-25(22)36-27-20-24-23(29(4,5)31(8,9)30(24,6)7)19-26(27)35-21-34(13-2,14-3)33(32,11)28(35)36/h15-20H,12-14,21H2,1-11H3/q+1. The Balaban J connectivity index is 1.82. The fraction of sp³-hybridized carbons (Fsp3) is 0.618. The maximum absolute atomic E-state index is 2.76. The topological polar surface area (TPSA) is 8.81 Å². The Morgan fingerprint density at radius 1 is 0.750 bits per heavy atom.